The van der Waals surface area contributed by atoms with E-state index in [0.29, 0.717) is 12.1 Å². The Bertz CT molecular complexity index is 702. The molecule has 1 amide bonds. The molecule has 2 heterocycles. The van der Waals surface area contributed by atoms with Gasteiger partial charge in [0.2, 0.25) is 0 Å². The van der Waals surface area contributed by atoms with Gasteiger partial charge >= 0.3 is 0 Å². The average Bonchev–Trinajstić information content (AvgIpc) is 2.73. The lowest BCUT2D eigenvalue weighted by molar-refractivity contribution is 0.0398. The van der Waals surface area contributed by atoms with Crippen molar-refractivity contribution in [1.29, 1.82) is 0 Å². The van der Waals surface area contributed by atoms with E-state index in [0.717, 1.165) is 58.1 Å². The summed E-state index contributed by atoms with van der Waals surface area (Å²) in [6.45, 7) is 5.96. The number of carbonyl (C=O) groups excluding carboxylic acids is 1. The fraction of sp³-hybridized carbons (Fsp3) is 0.429. The highest BCUT2D eigenvalue weighted by Gasteiger charge is 2.10. The zero-order valence-electron chi connectivity index (χ0n) is 15.7. The molecule has 1 saturated heterocycles. The van der Waals surface area contributed by atoms with Crippen LogP contribution in [0.3, 0.4) is 0 Å². The minimum atomic E-state index is -0.0540. The minimum Gasteiger partial charge on any atom is -0.379 e. The van der Waals surface area contributed by atoms with Crippen LogP contribution in [0, 0.1) is 0 Å². The summed E-state index contributed by atoms with van der Waals surface area (Å²) in [5.41, 5.74) is 1.93. The smallest absolute Gasteiger partial charge is 0.251 e. The van der Waals surface area contributed by atoms with Gasteiger partial charge in [0.15, 0.2) is 0 Å². The molecule has 0 unspecified atom stereocenters. The Labute approximate surface area is 160 Å². The van der Waals surface area contributed by atoms with E-state index in [9.17, 15) is 4.79 Å². The lowest BCUT2D eigenvalue weighted by atomic mass is 10.1. The number of benzene rings is 1. The van der Waals surface area contributed by atoms with E-state index >= 15 is 0 Å². The van der Waals surface area contributed by atoms with Crippen molar-refractivity contribution in [3.63, 3.8) is 0 Å². The summed E-state index contributed by atoms with van der Waals surface area (Å²) in [5, 5.41) is 6.29. The second-order valence-corrected chi connectivity index (χ2v) is 6.66. The van der Waals surface area contributed by atoms with Crippen LogP contribution in [0.25, 0.3) is 0 Å². The Morgan fingerprint density at radius 3 is 2.74 bits per heavy atom. The van der Waals surface area contributed by atoms with Gasteiger partial charge < -0.3 is 15.4 Å². The first-order valence-corrected chi connectivity index (χ1v) is 9.63. The molecule has 2 aromatic rings. The Kier molecular flexibility index (Phi) is 7.62. The number of rotatable bonds is 9. The molecule has 2 N–H and O–H groups in total. The fourth-order valence-electron chi connectivity index (χ4n) is 3.08. The number of anilines is 1. The predicted octanol–water partition coefficient (Wildman–Crippen LogP) is 2.19. The summed E-state index contributed by atoms with van der Waals surface area (Å²) in [5.74, 6) is 0.682. The first-order chi connectivity index (χ1) is 13.3. The normalized spacial score (nSPS) is 14.7. The Morgan fingerprint density at radius 2 is 1.93 bits per heavy atom. The van der Waals surface area contributed by atoms with Gasteiger partial charge in [0.25, 0.3) is 5.91 Å². The monoisotopic (exact) mass is 368 g/mol. The molecule has 0 atom stereocenters. The van der Waals surface area contributed by atoms with Gasteiger partial charge in [-0.15, -0.1) is 0 Å². The highest BCUT2D eigenvalue weighted by Crippen LogP contribution is 2.07. The first kappa shape index (κ1) is 19.3. The van der Waals surface area contributed by atoms with Gasteiger partial charge in [-0.2, -0.15) is 0 Å². The maximum Gasteiger partial charge on any atom is 0.251 e. The van der Waals surface area contributed by atoms with Gasteiger partial charge in [0.05, 0.1) is 13.2 Å². The van der Waals surface area contributed by atoms with E-state index in [1.165, 1.54) is 5.56 Å². The van der Waals surface area contributed by atoms with Crippen LogP contribution in [-0.2, 0) is 11.2 Å². The SMILES string of the molecule is O=C(NCCCc1ccccc1)c1ccnc(NCCN2CCOCC2)c1. The molecule has 1 aliphatic heterocycles. The zero-order valence-corrected chi connectivity index (χ0v) is 15.7. The predicted molar refractivity (Wildman–Crippen MR) is 107 cm³/mol. The Morgan fingerprint density at radius 1 is 1.11 bits per heavy atom. The van der Waals surface area contributed by atoms with E-state index in [4.69, 9.17) is 4.74 Å². The molecule has 144 valence electrons. The van der Waals surface area contributed by atoms with Gasteiger partial charge in [-0.25, -0.2) is 4.98 Å². The van der Waals surface area contributed by atoms with Crippen LogP contribution in [-0.4, -0.2) is 61.7 Å². The summed E-state index contributed by atoms with van der Waals surface area (Å²) in [4.78, 5) is 19.0. The molecular weight excluding hydrogens is 340 g/mol. The summed E-state index contributed by atoms with van der Waals surface area (Å²) in [6, 6.07) is 13.9. The molecule has 6 nitrogen and oxygen atoms in total. The number of carbonyl (C=O) groups is 1. The third kappa shape index (κ3) is 6.66. The summed E-state index contributed by atoms with van der Waals surface area (Å²) >= 11 is 0. The van der Waals surface area contributed by atoms with Crippen molar-refractivity contribution in [3.8, 4) is 0 Å². The number of pyridine rings is 1. The van der Waals surface area contributed by atoms with Gasteiger partial charge in [-0.3, -0.25) is 9.69 Å². The number of hydrogen-bond donors (Lipinski definition) is 2. The van der Waals surface area contributed by atoms with Crippen molar-refractivity contribution in [2.24, 2.45) is 0 Å². The summed E-state index contributed by atoms with van der Waals surface area (Å²) in [7, 11) is 0. The van der Waals surface area contributed by atoms with Crippen LogP contribution in [0.2, 0.25) is 0 Å². The van der Waals surface area contributed by atoms with Crippen molar-refractivity contribution < 1.29 is 9.53 Å². The quantitative estimate of drug-likeness (QED) is 0.664. The van der Waals surface area contributed by atoms with Gasteiger partial charge in [-0.05, 0) is 30.5 Å². The highest BCUT2D eigenvalue weighted by molar-refractivity contribution is 5.94. The van der Waals surface area contributed by atoms with Crippen LogP contribution >= 0.6 is 0 Å². The van der Waals surface area contributed by atoms with Crippen molar-refractivity contribution in [2.75, 3.05) is 51.3 Å². The van der Waals surface area contributed by atoms with E-state index in [-0.39, 0.29) is 5.91 Å². The van der Waals surface area contributed by atoms with E-state index < -0.39 is 0 Å². The Balaban J connectivity index is 1.38. The van der Waals surface area contributed by atoms with Crippen molar-refractivity contribution in [1.82, 2.24) is 15.2 Å². The molecule has 27 heavy (non-hydrogen) atoms. The lowest BCUT2D eigenvalue weighted by Crippen LogP contribution is -2.39. The standard InChI is InChI=1S/C21H28N4O2/c26-21(24-9-4-7-18-5-2-1-3-6-18)19-8-10-22-20(17-19)23-11-12-25-13-15-27-16-14-25/h1-3,5-6,8,10,17H,4,7,9,11-16H2,(H,22,23)(H,24,26). The number of ether oxygens (including phenoxy) is 1. The van der Waals surface area contributed by atoms with Crippen LogP contribution in [0.4, 0.5) is 5.82 Å². The number of amides is 1. The van der Waals surface area contributed by atoms with Gasteiger partial charge in [0.1, 0.15) is 5.82 Å². The highest BCUT2D eigenvalue weighted by atomic mass is 16.5. The molecule has 0 spiro atoms. The molecule has 1 aromatic heterocycles. The second-order valence-electron chi connectivity index (χ2n) is 6.66. The number of nitrogens with zero attached hydrogens (tertiary/aromatic N) is 2. The molecule has 3 rings (SSSR count). The average molecular weight is 368 g/mol. The summed E-state index contributed by atoms with van der Waals surface area (Å²) in [6.07, 6.45) is 3.56. The van der Waals surface area contributed by atoms with Crippen LogP contribution in [0.1, 0.15) is 22.3 Å². The van der Waals surface area contributed by atoms with Crippen LogP contribution in [0.15, 0.2) is 48.7 Å². The number of hydrogen-bond acceptors (Lipinski definition) is 5. The zero-order chi connectivity index (χ0) is 18.7. The maximum absolute atomic E-state index is 12.3. The van der Waals surface area contributed by atoms with E-state index in [2.05, 4.69) is 32.7 Å². The molecule has 0 radical (unpaired) electrons. The van der Waals surface area contributed by atoms with E-state index in [1.54, 1.807) is 12.3 Å². The minimum absolute atomic E-state index is 0.0540. The number of aromatic nitrogens is 1. The molecule has 1 aromatic carbocycles. The number of nitrogens with one attached hydrogen (secondary N) is 2. The van der Waals surface area contributed by atoms with Crippen molar-refractivity contribution >= 4 is 11.7 Å². The van der Waals surface area contributed by atoms with Crippen LogP contribution in [0.5, 0.6) is 0 Å². The molecule has 6 heteroatoms. The second kappa shape index (κ2) is 10.6. The van der Waals surface area contributed by atoms with Crippen LogP contribution < -0.4 is 10.6 Å². The molecule has 0 aliphatic carbocycles. The van der Waals surface area contributed by atoms with Crippen molar-refractivity contribution in [2.45, 2.75) is 12.8 Å². The topological polar surface area (TPSA) is 66.5 Å². The van der Waals surface area contributed by atoms with E-state index in [1.807, 2.05) is 24.3 Å². The molecule has 0 bridgehead atoms. The number of morpholine rings is 1. The lowest BCUT2D eigenvalue weighted by Gasteiger charge is -2.26. The molecule has 1 fully saturated rings. The molecule has 0 saturated carbocycles. The third-order valence-corrected chi connectivity index (χ3v) is 4.63. The van der Waals surface area contributed by atoms with Crippen molar-refractivity contribution in [3.05, 3.63) is 59.8 Å². The van der Waals surface area contributed by atoms with Gasteiger partial charge in [0, 0.05) is 44.5 Å². The largest absolute Gasteiger partial charge is 0.379 e. The fourth-order valence-corrected chi connectivity index (χ4v) is 3.08. The molecule has 1 aliphatic rings. The molecular formula is C21H28N4O2. The number of aryl methyl sites for hydroxylation is 1. The summed E-state index contributed by atoms with van der Waals surface area (Å²) < 4.78 is 5.35. The van der Waals surface area contributed by atoms with Gasteiger partial charge in [-0.1, -0.05) is 30.3 Å². The Hall–Kier alpha value is -2.44. The maximum atomic E-state index is 12.3. The third-order valence-electron chi connectivity index (χ3n) is 4.63. The first-order valence-electron chi connectivity index (χ1n) is 9.63.